The Morgan fingerprint density at radius 1 is 1.23 bits per heavy atom. The number of benzene rings is 1. The van der Waals surface area contributed by atoms with E-state index in [1.54, 1.807) is 11.8 Å². The lowest BCUT2D eigenvalue weighted by atomic mass is 10.0. The summed E-state index contributed by atoms with van der Waals surface area (Å²) < 4.78 is 0. The molecule has 1 aliphatic heterocycles. The fourth-order valence-corrected chi connectivity index (χ4v) is 2.87. The van der Waals surface area contributed by atoms with E-state index in [1.807, 2.05) is 23.6 Å². The molecule has 0 amide bonds. The Bertz CT molecular complexity index is 431. The summed E-state index contributed by atoms with van der Waals surface area (Å²) in [5, 5.41) is 11.9. The number of aliphatic hydroxyl groups excluding tert-OH is 1. The van der Waals surface area contributed by atoms with E-state index in [2.05, 4.69) is 12.1 Å². The molecule has 0 saturated heterocycles. The molecule has 3 rings (SSSR count). The fourth-order valence-electron chi connectivity index (χ4n) is 1.92. The average Bonchev–Trinajstić information content (AvgIpc) is 2.72. The summed E-state index contributed by atoms with van der Waals surface area (Å²) in [5.74, 6) is 0.789. The smallest absolute Gasteiger partial charge is 0.133 e. The predicted octanol–water partition coefficient (Wildman–Crippen LogP) is 3.27. The fraction of sp³-hybridized carbons (Fsp3) is 0.0909. The number of hydrogen-bond acceptors (Lipinski definition) is 2. The highest BCUT2D eigenvalue weighted by atomic mass is 32.2. The Balaban J connectivity index is 2.28. The Kier molecular flexibility index (Phi) is 1.35. The number of thioether (sulfide) groups is 1. The number of allylic oxidation sites excluding steroid dienone is 2. The van der Waals surface area contributed by atoms with Gasteiger partial charge in [0.1, 0.15) is 5.76 Å². The second-order valence-corrected chi connectivity index (χ2v) is 4.17. The van der Waals surface area contributed by atoms with Crippen LogP contribution in [0, 0.1) is 0 Å². The van der Waals surface area contributed by atoms with Crippen molar-refractivity contribution in [3.8, 4) is 0 Å². The summed E-state index contributed by atoms with van der Waals surface area (Å²) in [6, 6.07) is 8.04. The van der Waals surface area contributed by atoms with Crippen LogP contribution in [0.5, 0.6) is 0 Å². The van der Waals surface area contributed by atoms with Crippen LogP contribution in [0.1, 0.15) is 17.0 Å². The van der Waals surface area contributed by atoms with Gasteiger partial charge in [0.15, 0.2) is 0 Å². The summed E-state index contributed by atoms with van der Waals surface area (Å²) in [6.45, 7) is 0. The quantitative estimate of drug-likeness (QED) is 0.674. The molecule has 13 heavy (non-hydrogen) atoms. The van der Waals surface area contributed by atoms with Crippen molar-refractivity contribution in [1.29, 1.82) is 0 Å². The number of fused-ring (bicyclic) bond motifs is 3. The molecule has 1 aromatic rings. The zero-order valence-electron chi connectivity index (χ0n) is 6.90. The summed E-state index contributed by atoms with van der Waals surface area (Å²) in [5.41, 5.74) is 2.23. The standard InChI is InChI=1S/C11H8OS/c12-10-8-4-2-1-3-7(8)9-5-6-13-11(9)10/h1-6,9,12H. The van der Waals surface area contributed by atoms with Gasteiger partial charge in [-0.1, -0.05) is 42.1 Å². The molecule has 1 heterocycles. The van der Waals surface area contributed by atoms with Crippen LogP contribution in [0.25, 0.3) is 5.76 Å². The second kappa shape index (κ2) is 2.42. The second-order valence-electron chi connectivity index (χ2n) is 3.22. The van der Waals surface area contributed by atoms with E-state index in [0.717, 1.165) is 10.5 Å². The normalized spacial score (nSPS) is 23.5. The lowest BCUT2D eigenvalue weighted by Gasteiger charge is -2.02. The van der Waals surface area contributed by atoms with Crippen LogP contribution in [0.15, 0.2) is 40.7 Å². The lowest BCUT2D eigenvalue weighted by molar-refractivity contribution is 0.512. The van der Waals surface area contributed by atoms with Crippen LogP contribution < -0.4 is 0 Å². The maximum absolute atomic E-state index is 9.87. The van der Waals surface area contributed by atoms with Gasteiger partial charge in [-0.2, -0.15) is 0 Å². The van der Waals surface area contributed by atoms with E-state index in [-0.39, 0.29) is 0 Å². The predicted molar refractivity (Wildman–Crippen MR) is 55.5 cm³/mol. The molecule has 0 radical (unpaired) electrons. The summed E-state index contributed by atoms with van der Waals surface area (Å²) >= 11 is 1.63. The van der Waals surface area contributed by atoms with Gasteiger partial charge in [-0.05, 0) is 11.0 Å². The first-order chi connectivity index (χ1) is 6.38. The van der Waals surface area contributed by atoms with Gasteiger partial charge in [-0.15, -0.1) is 0 Å². The molecule has 1 aromatic carbocycles. The maximum Gasteiger partial charge on any atom is 0.133 e. The number of hydrogen-bond donors (Lipinski definition) is 1. The molecule has 1 nitrogen and oxygen atoms in total. The molecule has 1 unspecified atom stereocenters. The molecule has 64 valence electrons. The van der Waals surface area contributed by atoms with Crippen LogP contribution in [0.2, 0.25) is 0 Å². The highest BCUT2D eigenvalue weighted by molar-refractivity contribution is 8.06. The van der Waals surface area contributed by atoms with E-state index in [9.17, 15) is 5.11 Å². The van der Waals surface area contributed by atoms with Crippen molar-refractivity contribution >= 4 is 17.5 Å². The molecule has 2 heteroatoms. The van der Waals surface area contributed by atoms with Crippen LogP contribution in [-0.2, 0) is 0 Å². The highest BCUT2D eigenvalue weighted by Gasteiger charge is 2.31. The van der Waals surface area contributed by atoms with E-state index >= 15 is 0 Å². The largest absolute Gasteiger partial charge is 0.506 e. The summed E-state index contributed by atoms with van der Waals surface area (Å²) in [6.07, 6.45) is 2.14. The minimum absolute atomic E-state index is 0.321. The van der Waals surface area contributed by atoms with E-state index in [0.29, 0.717) is 11.7 Å². The Hall–Kier alpha value is -1.15. The molecular weight excluding hydrogens is 180 g/mol. The van der Waals surface area contributed by atoms with Crippen molar-refractivity contribution in [2.24, 2.45) is 0 Å². The number of rotatable bonds is 0. The molecule has 2 aliphatic rings. The number of aliphatic hydroxyl groups is 1. The third kappa shape index (κ3) is 0.838. The molecule has 0 aromatic heterocycles. The molecule has 0 fully saturated rings. The Morgan fingerprint density at radius 2 is 2.08 bits per heavy atom. The molecule has 1 N–H and O–H groups in total. The first-order valence-corrected chi connectivity index (χ1v) is 5.11. The highest BCUT2D eigenvalue weighted by Crippen LogP contribution is 2.50. The topological polar surface area (TPSA) is 20.2 Å². The first kappa shape index (κ1) is 7.27. The van der Waals surface area contributed by atoms with Crippen molar-refractivity contribution in [1.82, 2.24) is 0 Å². The summed E-state index contributed by atoms with van der Waals surface area (Å²) in [7, 11) is 0. The molecule has 0 spiro atoms. The van der Waals surface area contributed by atoms with E-state index in [4.69, 9.17) is 0 Å². The monoisotopic (exact) mass is 188 g/mol. The van der Waals surface area contributed by atoms with E-state index in [1.165, 1.54) is 5.56 Å². The van der Waals surface area contributed by atoms with Crippen molar-refractivity contribution < 1.29 is 5.11 Å². The first-order valence-electron chi connectivity index (χ1n) is 4.23. The van der Waals surface area contributed by atoms with Crippen molar-refractivity contribution in [2.45, 2.75) is 5.92 Å². The Morgan fingerprint density at radius 3 is 3.00 bits per heavy atom. The third-order valence-corrected chi connectivity index (χ3v) is 3.53. The van der Waals surface area contributed by atoms with Gasteiger partial charge in [-0.3, -0.25) is 0 Å². The Labute approximate surface area is 80.8 Å². The van der Waals surface area contributed by atoms with Gasteiger partial charge in [0, 0.05) is 16.4 Å². The zero-order valence-corrected chi connectivity index (χ0v) is 7.71. The van der Waals surface area contributed by atoms with E-state index < -0.39 is 0 Å². The van der Waals surface area contributed by atoms with Crippen LogP contribution in [-0.4, -0.2) is 5.11 Å². The molecule has 0 saturated carbocycles. The SMILES string of the molecule is OC1=C2SC=CC2c2ccccc21. The van der Waals surface area contributed by atoms with Crippen molar-refractivity contribution in [2.75, 3.05) is 0 Å². The minimum atomic E-state index is 0.321. The van der Waals surface area contributed by atoms with Crippen molar-refractivity contribution in [3.63, 3.8) is 0 Å². The average molecular weight is 188 g/mol. The molecule has 1 atom stereocenters. The molecular formula is C11H8OS. The minimum Gasteiger partial charge on any atom is -0.506 e. The lowest BCUT2D eigenvalue weighted by Crippen LogP contribution is -1.87. The molecule has 1 aliphatic carbocycles. The van der Waals surface area contributed by atoms with Crippen molar-refractivity contribution in [3.05, 3.63) is 51.8 Å². The van der Waals surface area contributed by atoms with Crippen LogP contribution in [0.4, 0.5) is 0 Å². The van der Waals surface area contributed by atoms with Crippen LogP contribution in [0.3, 0.4) is 0 Å². The van der Waals surface area contributed by atoms with Gasteiger partial charge >= 0.3 is 0 Å². The van der Waals surface area contributed by atoms with Crippen LogP contribution >= 0.6 is 11.8 Å². The van der Waals surface area contributed by atoms with Gasteiger partial charge in [-0.25, -0.2) is 0 Å². The third-order valence-electron chi connectivity index (χ3n) is 2.53. The zero-order chi connectivity index (χ0) is 8.84. The van der Waals surface area contributed by atoms with Gasteiger partial charge < -0.3 is 5.11 Å². The van der Waals surface area contributed by atoms with Gasteiger partial charge in [0.2, 0.25) is 0 Å². The maximum atomic E-state index is 9.87. The summed E-state index contributed by atoms with van der Waals surface area (Å²) in [4.78, 5) is 1.08. The van der Waals surface area contributed by atoms with Gasteiger partial charge in [0.25, 0.3) is 0 Å². The molecule has 0 bridgehead atoms. The van der Waals surface area contributed by atoms with Gasteiger partial charge in [0.05, 0.1) is 0 Å².